The van der Waals surface area contributed by atoms with Gasteiger partial charge >= 0.3 is 0 Å². The molecule has 4 rings (SSSR count). The molecule has 3 aromatic carbocycles. The molecule has 4 aromatic rings. The summed E-state index contributed by atoms with van der Waals surface area (Å²) in [6.07, 6.45) is 0. The van der Waals surface area contributed by atoms with Crippen LogP contribution in [0.3, 0.4) is 0 Å². The molecule has 0 saturated carbocycles. The van der Waals surface area contributed by atoms with Crippen molar-refractivity contribution in [2.24, 2.45) is 0 Å². The molecular weight excluding hydrogens is 346 g/mol. The van der Waals surface area contributed by atoms with Crippen molar-refractivity contribution in [1.82, 2.24) is 4.98 Å². The summed E-state index contributed by atoms with van der Waals surface area (Å²) in [6, 6.07) is 19.5. The number of fused-ring (bicyclic) bond motifs is 1. The second-order valence-corrected chi connectivity index (χ2v) is 6.82. The summed E-state index contributed by atoms with van der Waals surface area (Å²) in [6.45, 7) is 0. The Morgan fingerprint density at radius 1 is 1.04 bits per heavy atom. The number of para-hydroxylation sites is 1. The number of anilines is 2. The Morgan fingerprint density at radius 3 is 2.58 bits per heavy atom. The number of nitrogens with two attached hydrogens (primary N) is 1. The zero-order valence-electron chi connectivity index (χ0n) is 13.6. The van der Waals surface area contributed by atoms with E-state index in [2.05, 4.69) is 10.3 Å². The number of phenolic OH excluding ortho intramolecular Hbond substituents is 1. The van der Waals surface area contributed by atoms with Gasteiger partial charge in [0, 0.05) is 16.9 Å². The Kier molecular flexibility index (Phi) is 4.02. The van der Waals surface area contributed by atoms with E-state index in [1.54, 1.807) is 42.5 Å². The number of phenols is 1. The van der Waals surface area contributed by atoms with Crippen LogP contribution >= 0.6 is 11.3 Å². The average molecular weight is 361 g/mol. The summed E-state index contributed by atoms with van der Waals surface area (Å²) in [4.78, 5) is 16.9. The molecule has 128 valence electrons. The first-order valence-electron chi connectivity index (χ1n) is 7.96. The number of nitrogens with one attached hydrogen (secondary N) is 1. The average Bonchev–Trinajstić information content (AvgIpc) is 3.05. The summed E-state index contributed by atoms with van der Waals surface area (Å²) in [5.41, 5.74) is 9.20. The molecule has 0 atom stereocenters. The number of nitrogen functional groups attached to an aromatic ring is 1. The van der Waals surface area contributed by atoms with Gasteiger partial charge < -0.3 is 16.2 Å². The minimum Gasteiger partial charge on any atom is -0.508 e. The fraction of sp³-hybridized carbons (Fsp3) is 0. The summed E-state index contributed by atoms with van der Waals surface area (Å²) in [5, 5.41) is 13.3. The van der Waals surface area contributed by atoms with E-state index in [1.807, 2.05) is 24.3 Å². The molecule has 26 heavy (non-hydrogen) atoms. The van der Waals surface area contributed by atoms with Crippen LogP contribution in [0.15, 0.2) is 66.7 Å². The number of hydrogen-bond donors (Lipinski definition) is 3. The standard InChI is InChI=1S/C20H15N3O2S/c21-16-4-2-1-3-15(16)19(25)22-13-7-5-12(6-8-13)20-23-17-10-9-14(24)11-18(17)26-20/h1-11,24H,21H2,(H,22,25). The minimum absolute atomic E-state index is 0.228. The number of carbonyl (C=O) groups excluding carboxylic acids is 1. The van der Waals surface area contributed by atoms with Crippen LogP contribution in [0.2, 0.25) is 0 Å². The monoisotopic (exact) mass is 361 g/mol. The van der Waals surface area contributed by atoms with Crippen LogP contribution in [0.4, 0.5) is 11.4 Å². The third-order valence-electron chi connectivity index (χ3n) is 3.97. The molecule has 0 radical (unpaired) electrons. The Morgan fingerprint density at radius 2 is 1.81 bits per heavy atom. The molecule has 0 fully saturated rings. The van der Waals surface area contributed by atoms with Crippen LogP contribution in [0.1, 0.15) is 10.4 Å². The molecule has 0 spiro atoms. The molecule has 0 aliphatic heterocycles. The predicted octanol–water partition coefficient (Wildman–Crippen LogP) is 4.50. The maximum atomic E-state index is 12.3. The Hall–Kier alpha value is -3.38. The first-order chi connectivity index (χ1) is 12.6. The van der Waals surface area contributed by atoms with Gasteiger partial charge in [0.1, 0.15) is 10.8 Å². The normalized spacial score (nSPS) is 10.8. The van der Waals surface area contributed by atoms with Crippen LogP contribution in [0.5, 0.6) is 5.75 Å². The third kappa shape index (κ3) is 3.10. The quantitative estimate of drug-likeness (QED) is 0.469. The molecule has 0 bridgehead atoms. The fourth-order valence-corrected chi connectivity index (χ4v) is 3.64. The van der Waals surface area contributed by atoms with Crippen molar-refractivity contribution in [3.63, 3.8) is 0 Å². The van der Waals surface area contributed by atoms with Gasteiger partial charge in [-0.2, -0.15) is 0 Å². The van der Waals surface area contributed by atoms with Crippen LogP contribution in [-0.2, 0) is 0 Å². The van der Waals surface area contributed by atoms with Gasteiger partial charge in [-0.15, -0.1) is 11.3 Å². The van der Waals surface area contributed by atoms with Gasteiger partial charge in [-0.25, -0.2) is 4.98 Å². The highest BCUT2D eigenvalue weighted by molar-refractivity contribution is 7.21. The molecule has 6 heteroatoms. The predicted molar refractivity (Wildman–Crippen MR) is 106 cm³/mol. The lowest BCUT2D eigenvalue weighted by molar-refractivity contribution is 0.102. The zero-order valence-corrected chi connectivity index (χ0v) is 14.5. The zero-order chi connectivity index (χ0) is 18.1. The molecule has 0 aliphatic carbocycles. The fourth-order valence-electron chi connectivity index (χ4n) is 2.64. The summed E-state index contributed by atoms with van der Waals surface area (Å²) in [7, 11) is 0. The van der Waals surface area contributed by atoms with Crippen LogP contribution in [-0.4, -0.2) is 16.0 Å². The van der Waals surface area contributed by atoms with E-state index in [4.69, 9.17) is 5.73 Å². The second-order valence-electron chi connectivity index (χ2n) is 5.79. The van der Waals surface area contributed by atoms with Crippen LogP contribution in [0.25, 0.3) is 20.8 Å². The lowest BCUT2D eigenvalue weighted by Crippen LogP contribution is -2.13. The number of hydrogen-bond acceptors (Lipinski definition) is 5. The van der Waals surface area contributed by atoms with Crippen molar-refractivity contribution in [3.8, 4) is 16.3 Å². The molecule has 4 N–H and O–H groups in total. The van der Waals surface area contributed by atoms with Gasteiger partial charge in [-0.3, -0.25) is 4.79 Å². The van der Waals surface area contributed by atoms with E-state index in [9.17, 15) is 9.90 Å². The molecule has 1 aromatic heterocycles. The van der Waals surface area contributed by atoms with Crippen molar-refractivity contribution in [2.75, 3.05) is 11.1 Å². The van der Waals surface area contributed by atoms with Gasteiger partial charge in [-0.1, -0.05) is 12.1 Å². The van der Waals surface area contributed by atoms with Crippen LogP contribution in [0, 0.1) is 0 Å². The van der Waals surface area contributed by atoms with E-state index in [1.165, 1.54) is 11.3 Å². The number of aromatic hydroxyl groups is 1. The maximum absolute atomic E-state index is 12.3. The summed E-state index contributed by atoms with van der Waals surface area (Å²) in [5.74, 6) is -0.0164. The molecule has 0 aliphatic rings. The Bertz CT molecular complexity index is 1100. The number of carbonyl (C=O) groups is 1. The highest BCUT2D eigenvalue weighted by Gasteiger charge is 2.10. The van der Waals surface area contributed by atoms with E-state index >= 15 is 0 Å². The highest BCUT2D eigenvalue weighted by atomic mass is 32.1. The van der Waals surface area contributed by atoms with Gasteiger partial charge in [0.2, 0.25) is 0 Å². The first-order valence-corrected chi connectivity index (χ1v) is 8.78. The lowest BCUT2D eigenvalue weighted by Gasteiger charge is -2.07. The number of benzene rings is 3. The Balaban J connectivity index is 1.56. The molecule has 0 saturated heterocycles. The van der Waals surface area contributed by atoms with E-state index in [-0.39, 0.29) is 11.7 Å². The number of nitrogens with zero attached hydrogens (tertiary/aromatic N) is 1. The van der Waals surface area contributed by atoms with Gasteiger partial charge in [-0.05, 0) is 54.6 Å². The van der Waals surface area contributed by atoms with E-state index < -0.39 is 0 Å². The maximum Gasteiger partial charge on any atom is 0.257 e. The minimum atomic E-state index is -0.244. The van der Waals surface area contributed by atoms with Gasteiger partial charge in [0.15, 0.2) is 0 Å². The van der Waals surface area contributed by atoms with Crippen molar-refractivity contribution in [1.29, 1.82) is 0 Å². The molecule has 5 nitrogen and oxygen atoms in total. The second kappa shape index (κ2) is 6.50. The highest BCUT2D eigenvalue weighted by Crippen LogP contribution is 2.32. The molecule has 1 heterocycles. The topological polar surface area (TPSA) is 88.2 Å². The SMILES string of the molecule is Nc1ccccc1C(=O)Nc1ccc(-c2nc3ccc(O)cc3s2)cc1. The van der Waals surface area contributed by atoms with Crippen molar-refractivity contribution in [3.05, 3.63) is 72.3 Å². The summed E-state index contributed by atoms with van der Waals surface area (Å²) < 4.78 is 0.928. The number of aromatic nitrogens is 1. The molecule has 1 amide bonds. The van der Waals surface area contributed by atoms with Crippen LogP contribution < -0.4 is 11.1 Å². The largest absolute Gasteiger partial charge is 0.508 e. The van der Waals surface area contributed by atoms with Crippen molar-refractivity contribution in [2.45, 2.75) is 0 Å². The Labute approximate surface area is 153 Å². The van der Waals surface area contributed by atoms with Gasteiger partial charge in [0.05, 0.1) is 15.8 Å². The van der Waals surface area contributed by atoms with Crippen molar-refractivity contribution < 1.29 is 9.90 Å². The first kappa shape index (κ1) is 16.1. The van der Waals surface area contributed by atoms with E-state index in [0.29, 0.717) is 16.9 Å². The smallest absolute Gasteiger partial charge is 0.257 e. The molecular formula is C20H15N3O2S. The summed E-state index contributed by atoms with van der Waals surface area (Å²) >= 11 is 1.51. The number of rotatable bonds is 3. The molecule has 0 unspecified atom stereocenters. The number of thiazole rings is 1. The third-order valence-corrected chi connectivity index (χ3v) is 5.03. The van der Waals surface area contributed by atoms with Gasteiger partial charge in [0.25, 0.3) is 5.91 Å². The van der Waals surface area contributed by atoms with Crippen molar-refractivity contribution >= 4 is 38.8 Å². The van der Waals surface area contributed by atoms with E-state index in [0.717, 1.165) is 20.8 Å². The number of amides is 1. The lowest BCUT2D eigenvalue weighted by atomic mass is 10.1.